The molecule has 0 bridgehead atoms. The first-order valence-corrected chi connectivity index (χ1v) is 9.31. The average Bonchev–Trinajstić information content (AvgIpc) is 2.70. The third-order valence-corrected chi connectivity index (χ3v) is 5.22. The number of amides is 1. The molecule has 2 aromatic carbocycles. The summed E-state index contributed by atoms with van der Waals surface area (Å²) in [6.07, 6.45) is -0.649. The number of anilines is 1. The van der Waals surface area contributed by atoms with Crippen LogP contribution in [0.3, 0.4) is 0 Å². The third-order valence-electron chi connectivity index (χ3n) is 4.87. The second-order valence-corrected chi connectivity index (χ2v) is 7.00. The number of fused-ring (bicyclic) bond motifs is 1. The van der Waals surface area contributed by atoms with E-state index in [1.165, 1.54) is 6.07 Å². The normalized spacial score (nSPS) is 19.4. The van der Waals surface area contributed by atoms with E-state index in [4.69, 9.17) is 21.1 Å². The SMILES string of the molecule is O=C([C@@H]1CN(Cc2c(F)cccc2Cl)c2ccccc2O1)N1CCOCC1. The number of hydrogen-bond donors (Lipinski definition) is 0. The Bertz CT molecular complexity index is 821. The number of rotatable bonds is 3. The molecule has 1 atom stereocenters. The van der Waals surface area contributed by atoms with Crippen molar-refractivity contribution in [1.82, 2.24) is 4.90 Å². The van der Waals surface area contributed by atoms with Gasteiger partial charge in [-0.05, 0) is 24.3 Å². The summed E-state index contributed by atoms with van der Waals surface area (Å²) in [6.45, 7) is 2.77. The van der Waals surface area contributed by atoms with Crippen molar-refractivity contribution in [2.45, 2.75) is 12.6 Å². The van der Waals surface area contributed by atoms with Gasteiger partial charge in [-0.25, -0.2) is 4.39 Å². The van der Waals surface area contributed by atoms with E-state index < -0.39 is 6.10 Å². The fraction of sp³-hybridized carbons (Fsp3) is 0.350. The second-order valence-electron chi connectivity index (χ2n) is 6.59. The maximum Gasteiger partial charge on any atom is 0.265 e. The van der Waals surface area contributed by atoms with Gasteiger partial charge in [0.05, 0.1) is 25.4 Å². The molecule has 0 spiro atoms. The second kappa shape index (κ2) is 7.74. The summed E-state index contributed by atoms with van der Waals surface area (Å²) < 4.78 is 25.6. The van der Waals surface area contributed by atoms with Crippen LogP contribution in [0.2, 0.25) is 5.02 Å². The van der Waals surface area contributed by atoms with E-state index in [2.05, 4.69) is 0 Å². The molecule has 0 unspecified atom stereocenters. The number of ether oxygens (including phenoxy) is 2. The summed E-state index contributed by atoms with van der Waals surface area (Å²) in [5.74, 6) is 0.183. The molecule has 142 valence electrons. The number of benzene rings is 2. The predicted octanol–water partition coefficient (Wildman–Crippen LogP) is 3.11. The molecule has 1 amide bonds. The molecule has 0 N–H and O–H groups in total. The van der Waals surface area contributed by atoms with Gasteiger partial charge in [0.15, 0.2) is 6.10 Å². The summed E-state index contributed by atoms with van der Waals surface area (Å²) in [7, 11) is 0. The van der Waals surface area contributed by atoms with Crippen molar-refractivity contribution in [3.05, 3.63) is 58.9 Å². The van der Waals surface area contributed by atoms with Gasteiger partial charge in [-0.2, -0.15) is 0 Å². The van der Waals surface area contributed by atoms with Gasteiger partial charge in [-0.15, -0.1) is 0 Å². The van der Waals surface area contributed by atoms with Gasteiger partial charge in [0, 0.05) is 30.2 Å². The Morgan fingerprint density at radius 1 is 1.15 bits per heavy atom. The Morgan fingerprint density at radius 3 is 2.70 bits per heavy atom. The molecule has 7 heteroatoms. The van der Waals surface area contributed by atoms with E-state index in [0.29, 0.717) is 49.2 Å². The Labute approximate surface area is 162 Å². The Kier molecular flexibility index (Phi) is 5.18. The summed E-state index contributed by atoms with van der Waals surface area (Å²) >= 11 is 6.21. The van der Waals surface area contributed by atoms with Gasteiger partial charge in [0.2, 0.25) is 0 Å². The van der Waals surface area contributed by atoms with Gasteiger partial charge in [0.25, 0.3) is 5.91 Å². The Balaban J connectivity index is 1.61. The molecule has 1 fully saturated rings. The zero-order valence-electron chi connectivity index (χ0n) is 14.7. The Morgan fingerprint density at radius 2 is 1.93 bits per heavy atom. The van der Waals surface area contributed by atoms with E-state index in [1.54, 1.807) is 17.0 Å². The molecular weight excluding hydrogens is 371 g/mol. The molecule has 1 saturated heterocycles. The third kappa shape index (κ3) is 3.73. The molecule has 0 aliphatic carbocycles. The van der Waals surface area contributed by atoms with Gasteiger partial charge in [0.1, 0.15) is 11.6 Å². The molecule has 2 aliphatic heterocycles. The van der Waals surface area contributed by atoms with Crippen LogP contribution in [-0.4, -0.2) is 49.8 Å². The van der Waals surface area contributed by atoms with Crippen molar-refractivity contribution in [2.24, 2.45) is 0 Å². The van der Waals surface area contributed by atoms with E-state index >= 15 is 0 Å². The van der Waals surface area contributed by atoms with Gasteiger partial charge in [-0.1, -0.05) is 29.8 Å². The highest BCUT2D eigenvalue weighted by Gasteiger charge is 2.34. The van der Waals surface area contributed by atoms with E-state index in [9.17, 15) is 9.18 Å². The van der Waals surface area contributed by atoms with Crippen LogP contribution in [0.15, 0.2) is 42.5 Å². The quantitative estimate of drug-likeness (QED) is 0.807. The number of carbonyl (C=O) groups excluding carboxylic acids is 1. The van der Waals surface area contributed by atoms with Crippen LogP contribution >= 0.6 is 11.6 Å². The van der Waals surface area contributed by atoms with Crippen LogP contribution < -0.4 is 9.64 Å². The van der Waals surface area contributed by atoms with Crippen LogP contribution in [0, 0.1) is 5.82 Å². The summed E-state index contributed by atoms with van der Waals surface area (Å²) in [6, 6.07) is 12.1. The van der Waals surface area contributed by atoms with Gasteiger partial charge < -0.3 is 19.3 Å². The van der Waals surface area contributed by atoms with Crippen molar-refractivity contribution in [2.75, 3.05) is 37.7 Å². The lowest BCUT2D eigenvalue weighted by atomic mass is 10.1. The van der Waals surface area contributed by atoms with Crippen LogP contribution in [-0.2, 0) is 16.1 Å². The first-order valence-electron chi connectivity index (χ1n) is 8.93. The largest absolute Gasteiger partial charge is 0.477 e. The number of para-hydroxylation sites is 2. The maximum absolute atomic E-state index is 14.3. The van der Waals surface area contributed by atoms with Crippen LogP contribution in [0.4, 0.5) is 10.1 Å². The van der Waals surface area contributed by atoms with Crippen LogP contribution in [0.25, 0.3) is 0 Å². The number of hydrogen-bond acceptors (Lipinski definition) is 4. The fourth-order valence-electron chi connectivity index (χ4n) is 3.45. The minimum atomic E-state index is -0.649. The number of carbonyl (C=O) groups is 1. The average molecular weight is 391 g/mol. The molecule has 4 rings (SSSR count). The molecule has 2 heterocycles. The summed E-state index contributed by atoms with van der Waals surface area (Å²) in [5.41, 5.74) is 1.23. The molecule has 0 saturated carbocycles. The maximum atomic E-state index is 14.3. The van der Waals surface area contributed by atoms with Crippen LogP contribution in [0.1, 0.15) is 5.56 Å². The molecular formula is C20H20ClFN2O3. The van der Waals surface area contributed by atoms with Crippen molar-refractivity contribution < 1.29 is 18.7 Å². The first-order chi connectivity index (χ1) is 13.1. The van der Waals surface area contributed by atoms with Gasteiger partial charge >= 0.3 is 0 Å². The fourth-order valence-corrected chi connectivity index (χ4v) is 3.67. The molecule has 27 heavy (non-hydrogen) atoms. The van der Waals surface area contributed by atoms with E-state index in [0.717, 1.165) is 5.69 Å². The lowest BCUT2D eigenvalue weighted by Gasteiger charge is -2.38. The van der Waals surface area contributed by atoms with Crippen molar-refractivity contribution in [1.29, 1.82) is 0 Å². The Hall–Kier alpha value is -2.31. The highest BCUT2D eigenvalue weighted by Crippen LogP contribution is 2.35. The summed E-state index contributed by atoms with van der Waals surface area (Å²) in [4.78, 5) is 16.6. The lowest BCUT2D eigenvalue weighted by Crippen LogP contribution is -2.52. The molecule has 0 aromatic heterocycles. The number of morpholine rings is 1. The van der Waals surface area contributed by atoms with Crippen molar-refractivity contribution in [3.8, 4) is 5.75 Å². The topological polar surface area (TPSA) is 42.0 Å². The number of halogens is 2. The van der Waals surface area contributed by atoms with E-state index in [-0.39, 0.29) is 18.3 Å². The number of nitrogens with zero attached hydrogens (tertiary/aromatic N) is 2. The molecule has 0 radical (unpaired) electrons. The highest BCUT2D eigenvalue weighted by atomic mass is 35.5. The van der Waals surface area contributed by atoms with Crippen molar-refractivity contribution >= 4 is 23.2 Å². The standard InChI is InChI=1S/C20H20ClFN2O3/c21-15-4-3-5-16(22)14(15)12-24-13-19(20(25)23-8-10-26-11-9-23)27-18-7-2-1-6-17(18)24/h1-7,19H,8-13H2/t19-/m0/s1. The molecule has 2 aromatic rings. The van der Waals surface area contributed by atoms with Crippen molar-refractivity contribution in [3.63, 3.8) is 0 Å². The smallest absolute Gasteiger partial charge is 0.265 e. The molecule has 5 nitrogen and oxygen atoms in total. The minimum Gasteiger partial charge on any atom is -0.477 e. The zero-order chi connectivity index (χ0) is 18.8. The lowest BCUT2D eigenvalue weighted by molar-refractivity contribution is -0.142. The monoisotopic (exact) mass is 390 g/mol. The summed E-state index contributed by atoms with van der Waals surface area (Å²) in [5, 5.41) is 0.370. The first kappa shape index (κ1) is 18.1. The van der Waals surface area contributed by atoms with E-state index in [1.807, 2.05) is 29.2 Å². The predicted molar refractivity (Wildman–Crippen MR) is 101 cm³/mol. The highest BCUT2D eigenvalue weighted by molar-refractivity contribution is 6.31. The minimum absolute atomic E-state index is 0.0718. The van der Waals surface area contributed by atoms with Crippen LogP contribution in [0.5, 0.6) is 5.75 Å². The van der Waals surface area contributed by atoms with Gasteiger partial charge in [-0.3, -0.25) is 4.79 Å². The zero-order valence-corrected chi connectivity index (χ0v) is 15.5. The molecule has 2 aliphatic rings.